The van der Waals surface area contributed by atoms with E-state index in [1.54, 1.807) is 7.11 Å². The summed E-state index contributed by atoms with van der Waals surface area (Å²) in [5.41, 5.74) is 5.59. The van der Waals surface area contributed by atoms with Crippen LogP contribution in [0.1, 0.15) is 19.8 Å². The third-order valence-electron chi connectivity index (χ3n) is 1.60. The summed E-state index contributed by atoms with van der Waals surface area (Å²) < 4.78 is 4.78. The Bertz CT molecular complexity index is 128. The van der Waals surface area contributed by atoms with Crippen LogP contribution in [-0.4, -0.2) is 32.2 Å². The molecule has 0 aliphatic heterocycles. The number of rotatable bonds is 6. The summed E-state index contributed by atoms with van der Waals surface area (Å²) in [5, 5.41) is 2.70. The fourth-order valence-electron chi connectivity index (χ4n) is 0.747. The van der Waals surface area contributed by atoms with Gasteiger partial charge in [-0.2, -0.15) is 0 Å². The molecular formula is C8H18N2O2. The van der Waals surface area contributed by atoms with E-state index in [0.29, 0.717) is 19.6 Å². The lowest BCUT2D eigenvalue weighted by atomic mass is 10.1. The summed E-state index contributed by atoms with van der Waals surface area (Å²) in [6.45, 7) is 3.08. The van der Waals surface area contributed by atoms with Crippen molar-refractivity contribution < 1.29 is 9.53 Å². The molecule has 0 bridgehead atoms. The van der Waals surface area contributed by atoms with E-state index in [4.69, 9.17) is 10.5 Å². The van der Waals surface area contributed by atoms with Crippen molar-refractivity contribution in [2.75, 3.05) is 20.3 Å². The third kappa shape index (κ3) is 6.12. The number of ether oxygens (including phenoxy) is 1. The second-order valence-electron chi connectivity index (χ2n) is 2.72. The van der Waals surface area contributed by atoms with Crippen molar-refractivity contribution in [1.29, 1.82) is 0 Å². The summed E-state index contributed by atoms with van der Waals surface area (Å²) in [6, 6.07) is -0.0208. The molecule has 0 spiro atoms. The van der Waals surface area contributed by atoms with Crippen molar-refractivity contribution in [1.82, 2.24) is 5.32 Å². The predicted molar refractivity (Wildman–Crippen MR) is 47.8 cm³/mol. The van der Waals surface area contributed by atoms with Crippen molar-refractivity contribution in [2.45, 2.75) is 25.8 Å². The van der Waals surface area contributed by atoms with Crippen LogP contribution in [0.2, 0.25) is 0 Å². The summed E-state index contributed by atoms with van der Waals surface area (Å²) in [5.74, 6) is 0.00130. The molecule has 0 aliphatic carbocycles. The molecule has 0 radical (unpaired) electrons. The second-order valence-corrected chi connectivity index (χ2v) is 2.72. The van der Waals surface area contributed by atoms with Gasteiger partial charge in [0.1, 0.15) is 0 Å². The van der Waals surface area contributed by atoms with Crippen LogP contribution in [-0.2, 0) is 9.53 Å². The van der Waals surface area contributed by atoms with E-state index in [9.17, 15) is 4.79 Å². The number of hydrogen-bond acceptors (Lipinski definition) is 3. The fourth-order valence-corrected chi connectivity index (χ4v) is 0.747. The van der Waals surface area contributed by atoms with Crippen LogP contribution in [0, 0.1) is 0 Å². The number of amides is 1. The maximum atomic E-state index is 11.0. The highest BCUT2D eigenvalue weighted by Gasteiger charge is 2.05. The molecular weight excluding hydrogens is 156 g/mol. The zero-order valence-electron chi connectivity index (χ0n) is 7.80. The minimum atomic E-state index is -0.0208. The molecule has 3 N–H and O–H groups in total. The van der Waals surface area contributed by atoms with E-state index in [0.717, 1.165) is 6.42 Å². The number of carbonyl (C=O) groups excluding carboxylic acids is 1. The maximum absolute atomic E-state index is 11.0. The summed E-state index contributed by atoms with van der Waals surface area (Å²) in [6.07, 6.45) is 1.23. The third-order valence-corrected chi connectivity index (χ3v) is 1.60. The van der Waals surface area contributed by atoms with Crippen LogP contribution in [0.3, 0.4) is 0 Å². The molecule has 0 saturated carbocycles. The summed E-state index contributed by atoms with van der Waals surface area (Å²) >= 11 is 0. The van der Waals surface area contributed by atoms with Gasteiger partial charge in [0.25, 0.3) is 0 Å². The molecule has 4 nitrogen and oxygen atoms in total. The molecule has 0 aromatic heterocycles. The Kier molecular flexibility index (Phi) is 6.70. The molecule has 72 valence electrons. The number of carbonyl (C=O) groups is 1. The molecule has 4 heteroatoms. The van der Waals surface area contributed by atoms with E-state index < -0.39 is 0 Å². The molecule has 1 atom stereocenters. The van der Waals surface area contributed by atoms with Crippen molar-refractivity contribution in [2.24, 2.45) is 5.73 Å². The monoisotopic (exact) mass is 174 g/mol. The molecule has 0 heterocycles. The van der Waals surface area contributed by atoms with E-state index in [1.165, 1.54) is 0 Å². The highest BCUT2D eigenvalue weighted by Crippen LogP contribution is 1.92. The van der Waals surface area contributed by atoms with Crippen molar-refractivity contribution >= 4 is 5.91 Å². The lowest BCUT2D eigenvalue weighted by molar-refractivity contribution is -0.121. The van der Waals surface area contributed by atoms with Gasteiger partial charge >= 0.3 is 0 Å². The van der Waals surface area contributed by atoms with Gasteiger partial charge in [-0.25, -0.2) is 0 Å². The average Bonchev–Trinajstić information content (AvgIpc) is 2.05. The molecule has 1 unspecified atom stereocenters. The summed E-state index contributed by atoms with van der Waals surface area (Å²) in [4.78, 5) is 11.0. The van der Waals surface area contributed by atoms with Crippen LogP contribution in [0.4, 0.5) is 0 Å². The highest BCUT2D eigenvalue weighted by atomic mass is 16.5. The Morgan fingerprint density at radius 1 is 1.67 bits per heavy atom. The predicted octanol–water partition coefficient (Wildman–Crippen LogP) is -0.124. The standard InChI is InChI=1S/C8H18N2O2/c1-3-7(9)6-8(11)10-4-5-12-2/h7H,3-6,9H2,1-2H3,(H,10,11). The lowest BCUT2D eigenvalue weighted by Gasteiger charge is -2.08. The van der Waals surface area contributed by atoms with Crippen LogP contribution < -0.4 is 11.1 Å². The zero-order valence-corrected chi connectivity index (χ0v) is 7.80. The first-order valence-corrected chi connectivity index (χ1v) is 4.22. The Morgan fingerprint density at radius 3 is 2.83 bits per heavy atom. The van der Waals surface area contributed by atoms with Gasteiger partial charge in [0.2, 0.25) is 5.91 Å². The van der Waals surface area contributed by atoms with Gasteiger partial charge < -0.3 is 15.8 Å². The van der Waals surface area contributed by atoms with E-state index >= 15 is 0 Å². The number of hydrogen-bond donors (Lipinski definition) is 2. The van der Waals surface area contributed by atoms with E-state index in [2.05, 4.69) is 5.32 Å². The van der Waals surface area contributed by atoms with Gasteiger partial charge in [-0.3, -0.25) is 4.79 Å². The normalized spacial score (nSPS) is 12.6. The molecule has 0 aromatic rings. The SMILES string of the molecule is CCC(N)CC(=O)NCCOC. The molecule has 1 amide bonds. The van der Waals surface area contributed by atoms with Gasteiger partial charge in [-0.05, 0) is 6.42 Å². The zero-order chi connectivity index (χ0) is 9.40. The fraction of sp³-hybridized carbons (Fsp3) is 0.875. The van der Waals surface area contributed by atoms with Crippen molar-refractivity contribution in [3.05, 3.63) is 0 Å². The number of nitrogens with one attached hydrogen (secondary N) is 1. The van der Waals surface area contributed by atoms with Gasteiger partial charge in [-0.1, -0.05) is 6.92 Å². The number of nitrogens with two attached hydrogens (primary N) is 1. The average molecular weight is 174 g/mol. The van der Waals surface area contributed by atoms with E-state index in [-0.39, 0.29) is 11.9 Å². The largest absolute Gasteiger partial charge is 0.383 e. The van der Waals surface area contributed by atoms with Crippen molar-refractivity contribution in [3.8, 4) is 0 Å². The van der Waals surface area contributed by atoms with Gasteiger partial charge in [0.15, 0.2) is 0 Å². The Balaban J connectivity index is 3.33. The molecule has 0 aromatic carbocycles. The molecule has 0 fully saturated rings. The Hall–Kier alpha value is -0.610. The first-order chi connectivity index (χ1) is 5.70. The highest BCUT2D eigenvalue weighted by molar-refractivity contribution is 5.76. The van der Waals surface area contributed by atoms with Gasteiger partial charge in [-0.15, -0.1) is 0 Å². The van der Waals surface area contributed by atoms with Gasteiger partial charge in [0.05, 0.1) is 6.61 Å². The van der Waals surface area contributed by atoms with E-state index in [1.807, 2.05) is 6.92 Å². The smallest absolute Gasteiger partial charge is 0.221 e. The molecule has 12 heavy (non-hydrogen) atoms. The first kappa shape index (κ1) is 11.4. The second kappa shape index (κ2) is 7.06. The Morgan fingerprint density at radius 2 is 2.33 bits per heavy atom. The van der Waals surface area contributed by atoms with Crippen LogP contribution in [0.15, 0.2) is 0 Å². The minimum Gasteiger partial charge on any atom is -0.383 e. The first-order valence-electron chi connectivity index (χ1n) is 4.22. The quantitative estimate of drug-likeness (QED) is 0.552. The van der Waals surface area contributed by atoms with Gasteiger partial charge in [0, 0.05) is 26.1 Å². The molecule has 0 aliphatic rings. The lowest BCUT2D eigenvalue weighted by Crippen LogP contribution is -2.32. The van der Waals surface area contributed by atoms with Crippen LogP contribution in [0.25, 0.3) is 0 Å². The molecule has 0 rings (SSSR count). The summed E-state index contributed by atoms with van der Waals surface area (Å²) in [7, 11) is 1.60. The molecule has 0 saturated heterocycles. The number of methoxy groups -OCH3 is 1. The maximum Gasteiger partial charge on any atom is 0.221 e. The van der Waals surface area contributed by atoms with Crippen LogP contribution >= 0.6 is 0 Å². The Labute approximate surface area is 73.5 Å². The van der Waals surface area contributed by atoms with Crippen molar-refractivity contribution in [3.63, 3.8) is 0 Å². The van der Waals surface area contributed by atoms with Crippen LogP contribution in [0.5, 0.6) is 0 Å². The topological polar surface area (TPSA) is 64.4 Å². The minimum absolute atomic E-state index is 0.00130.